The summed E-state index contributed by atoms with van der Waals surface area (Å²) in [5.41, 5.74) is 1.06. The third-order valence-corrected chi connectivity index (χ3v) is 2.20. The Kier molecular flexibility index (Phi) is 3.01. The molecule has 0 atom stereocenters. The third kappa shape index (κ3) is 2.39. The van der Waals surface area contributed by atoms with E-state index >= 15 is 0 Å². The molecule has 2 aromatic rings. The van der Waals surface area contributed by atoms with Gasteiger partial charge >= 0.3 is 0 Å². The molecule has 0 unspecified atom stereocenters. The number of nitrogens with zero attached hydrogens (tertiary/aromatic N) is 5. The first kappa shape index (κ1) is 11.1. The molecule has 6 nitrogen and oxygen atoms in total. The lowest BCUT2D eigenvalue weighted by molar-refractivity contribution is 0.532. The number of hydrogen-bond acceptors (Lipinski definition) is 5. The highest BCUT2D eigenvalue weighted by Gasteiger charge is 2.06. The smallest absolute Gasteiger partial charge is 0.183 e. The second-order valence-electron chi connectivity index (χ2n) is 3.79. The molecule has 0 aliphatic heterocycles. The lowest BCUT2D eigenvalue weighted by Gasteiger charge is -2.04. The minimum absolute atomic E-state index is 0.268. The minimum atomic E-state index is 0.268. The Hall–Kier alpha value is -2.42. The zero-order chi connectivity index (χ0) is 12.3. The van der Waals surface area contributed by atoms with Gasteiger partial charge in [-0.25, -0.2) is 9.97 Å². The monoisotopic (exact) mass is 228 g/mol. The average Bonchev–Trinajstić information content (AvgIpc) is 2.78. The fourth-order valence-corrected chi connectivity index (χ4v) is 1.33. The van der Waals surface area contributed by atoms with Gasteiger partial charge in [0.1, 0.15) is 6.07 Å². The topological polar surface area (TPSA) is 79.4 Å². The fraction of sp³-hybridized carbons (Fsp3) is 0.273. The van der Waals surface area contributed by atoms with Crippen molar-refractivity contribution in [2.45, 2.75) is 19.9 Å². The van der Waals surface area contributed by atoms with Crippen LogP contribution in [0.4, 0.5) is 11.5 Å². The molecule has 6 heteroatoms. The molecule has 0 amide bonds. The van der Waals surface area contributed by atoms with Crippen molar-refractivity contribution in [3.63, 3.8) is 0 Å². The van der Waals surface area contributed by atoms with Gasteiger partial charge in [0.05, 0.1) is 11.9 Å². The van der Waals surface area contributed by atoms with Crippen LogP contribution in [0.15, 0.2) is 24.8 Å². The molecule has 0 saturated heterocycles. The molecule has 2 rings (SSSR count). The molecule has 0 aliphatic rings. The van der Waals surface area contributed by atoms with Gasteiger partial charge in [0.2, 0.25) is 0 Å². The lowest BCUT2D eigenvalue weighted by atomic mass is 10.4. The van der Waals surface area contributed by atoms with Crippen LogP contribution in [0.25, 0.3) is 0 Å². The molecule has 2 heterocycles. The summed E-state index contributed by atoms with van der Waals surface area (Å²) in [6, 6.07) is 2.28. The standard InChI is InChI=1S/C11H12N6/c1-8(2)17-7-9(6-15-17)16-11-10(5-12)13-3-4-14-11/h3-4,6-8H,1-2H3,(H,14,16). The van der Waals surface area contributed by atoms with E-state index in [-0.39, 0.29) is 5.69 Å². The molecule has 0 radical (unpaired) electrons. The third-order valence-electron chi connectivity index (χ3n) is 2.20. The number of nitrogens with one attached hydrogen (secondary N) is 1. The number of anilines is 2. The number of aromatic nitrogens is 4. The van der Waals surface area contributed by atoms with Gasteiger partial charge in [-0.3, -0.25) is 4.68 Å². The minimum Gasteiger partial charge on any atom is -0.335 e. The Balaban J connectivity index is 2.23. The summed E-state index contributed by atoms with van der Waals surface area (Å²) >= 11 is 0. The summed E-state index contributed by atoms with van der Waals surface area (Å²) in [6.45, 7) is 4.08. The van der Waals surface area contributed by atoms with E-state index in [2.05, 4.69) is 20.4 Å². The van der Waals surface area contributed by atoms with Gasteiger partial charge in [-0.15, -0.1) is 0 Å². The zero-order valence-corrected chi connectivity index (χ0v) is 9.62. The fourth-order valence-electron chi connectivity index (χ4n) is 1.33. The maximum absolute atomic E-state index is 8.88. The van der Waals surface area contributed by atoms with Gasteiger partial charge < -0.3 is 5.32 Å². The van der Waals surface area contributed by atoms with E-state index in [4.69, 9.17) is 5.26 Å². The predicted molar refractivity (Wildman–Crippen MR) is 62.6 cm³/mol. The average molecular weight is 228 g/mol. The molecule has 0 bridgehead atoms. The molecular weight excluding hydrogens is 216 g/mol. The summed E-state index contributed by atoms with van der Waals surface area (Å²) in [7, 11) is 0. The Morgan fingerprint density at radius 2 is 2.12 bits per heavy atom. The highest BCUT2D eigenvalue weighted by atomic mass is 15.3. The van der Waals surface area contributed by atoms with Crippen LogP contribution in [0.5, 0.6) is 0 Å². The van der Waals surface area contributed by atoms with E-state index in [0.717, 1.165) is 5.69 Å². The van der Waals surface area contributed by atoms with Crippen LogP contribution in [0.3, 0.4) is 0 Å². The van der Waals surface area contributed by atoms with Crippen LogP contribution in [0.2, 0.25) is 0 Å². The summed E-state index contributed by atoms with van der Waals surface area (Å²) < 4.78 is 1.82. The molecule has 0 saturated carbocycles. The zero-order valence-electron chi connectivity index (χ0n) is 9.62. The van der Waals surface area contributed by atoms with Crippen LogP contribution >= 0.6 is 0 Å². The molecule has 0 aliphatic carbocycles. The first-order valence-corrected chi connectivity index (χ1v) is 5.23. The van der Waals surface area contributed by atoms with Crippen molar-refractivity contribution >= 4 is 11.5 Å². The summed E-state index contributed by atoms with van der Waals surface area (Å²) in [5, 5.41) is 16.1. The molecule has 1 N–H and O–H groups in total. The molecule has 0 spiro atoms. The summed E-state index contributed by atoms with van der Waals surface area (Å²) in [6.07, 6.45) is 6.58. The molecular formula is C11H12N6. The maximum atomic E-state index is 8.88. The first-order valence-electron chi connectivity index (χ1n) is 5.23. The van der Waals surface area contributed by atoms with Crippen molar-refractivity contribution < 1.29 is 0 Å². The van der Waals surface area contributed by atoms with Gasteiger partial charge in [-0.2, -0.15) is 10.4 Å². The highest BCUT2D eigenvalue weighted by Crippen LogP contribution is 2.16. The van der Waals surface area contributed by atoms with Crippen molar-refractivity contribution in [2.75, 3.05) is 5.32 Å². The van der Waals surface area contributed by atoms with Gasteiger partial charge in [0, 0.05) is 24.6 Å². The largest absolute Gasteiger partial charge is 0.335 e. The lowest BCUT2D eigenvalue weighted by Crippen LogP contribution is -2.00. The number of hydrogen-bond donors (Lipinski definition) is 1. The quantitative estimate of drug-likeness (QED) is 0.867. The van der Waals surface area contributed by atoms with Crippen LogP contribution < -0.4 is 5.32 Å². The number of rotatable bonds is 3. The van der Waals surface area contributed by atoms with Gasteiger partial charge in [0.15, 0.2) is 11.5 Å². The summed E-state index contributed by atoms with van der Waals surface area (Å²) in [4.78, 5) is 7.99. The normalized spacial score (nSPS) is 10.2. The van der Waals surface area contributed by atoms with E-state index in [9.17, 15) is 0 Å². The predicted octanol–water partition coefficient (Wildman–Crippen LogP) is 1.87. The Labute approximate surface area is 98.9 Å². The van der Waals surface area contributed by atoms with Crippen LogP contribution in [-0.4, -0.2) is 19.7 Å². The van der Waals surface area contributed by atoms with Gasteiger partial charge in [-0.05, 0) is 13.8 Å². The Bertz CT molecular complexity index is 551. The summed E-state index contributed by atoms with van der Waals surface area (Å²) in [5.74, 6) is 0.443. The highest BCUT2D eigenvalue weighted by molar-refractivity contribution is 5.58. The molecule has 17 heavy (non-hydrogen) atoms. The second kappa shape index (κ2) is 4.61. The number of nitriles is 1. The van der Waals surface area contributed by atoms with Gasteiger partial charge in [0.25, 0.3) is 0 Å². The maximum Gasteiger partial charge on any atom is 0.183 e. The van der Waals surface area contributed by atoms with Crippen LogP contribution in [0.1, 0.15) is 25.6 Å². The Morgan fingerprint density at radius 3 is 2.76 bits per heavy atom. The second-order valence-corrected chi connectivity index (χ2v) is 3.79. The van der Waals surface area contributed by atoms with E-state index in [0.29, 0.717) is 11.9 Å². The van der Waals surface area contributed by atoms with Crippen molar-refractivity contribution in [2.24, 2.45) is 0 Å². The molecule has 0 aromatic carbocycles. The van der Waals surface area contributed by atoms with Gasteiger partial charge in [-0.1, -0.05) is 0 Å². The van der Waals surface area contributed by atoms with E-state index in [1.165, 1.54) is 12.4 Å². The molecule has 2 aromatic heterocycles. The first-order chi connectivity index (χ1) is 8.20. The molecule has 0 fully saturated rings. The van der Waals surface area contributed by atoms with Crippen molar-refractivity contribution in [3.8, 4) is 6.07 Å². The van der Waals surface area contributed by atoms with Crippen molar-refractivity contribution in [1.82, 2.24) is 19.7 Å². The SMILES string of the molecule is CC(C)n1cc(Nc2nccnc2C#N)cn1. The van der Waals surface area contributed by atoms with Crippen LogP contribution in [-0.2, 0) is 0 Å². The Morgan fingerprint density at radius 1 is 1.35 bits per heavy atom. The van der Waals surface area contributed by atoms with E-state index < -0.39 is 0 Å². The van der Waals surface area contributed by atoms with Crippen molar-refractivity contribution in [3.05, 3.63) is 30.5 Å². The molecule has 86 valence electrons. The van der Waals surface area contributed by atoms with Crippen molar-refractivity contribution in [1.29, 1.82) is 5.26 Å². The van der Waals surface area contributed by atoms with E-state index in [1.807, 2.05) is 30.8 Å². The van der Waals surface area contributed by atoms with Crippen LogP contribution in [0, 0.1) is 11.3 Å². The van der Waals surface area contributed by atoms with E-state index in [1.54, 1.807) is 6.20 Å².